The van der Waals surface area contributed by atoms with Crippen LogP contribution in [-0.2, 0) is 12.8 Å². The molecule has 118 valence electrons. The van der Waals surface area contributed by atoms with Gasteiger partial charge in [-0.25, -0.2) is 4.98 Å². The topological polar surface area (TPSA) is 63.3 Å². The number of hydrogen-bond acceptors (Lipinski definition) is 5. The van der Waals surface area contributed by atoms with Gasteiger partial charge in [-0.3, -0.25) is 4.79 Å². The number of carbonyl (C=O) groups excluding carboxylic acids is 1. The van der Waals surface area contributed by atoms with Gasteiger partial charge in [-0.2, -0.15) is 0 Å². The average molecular weight is 320 g/mol. The third-order valence-electron chi connectivity index (χ3n) is 3.76. The number of nitrogens with one attached hydrogen (secondary N) is 1. The highest BCUT2D eigenvalue weighted by atomic mass is 32.2. The van der Waals surface area contributed by atoms with Gasteiger partial charge >= 0.3 is 0 Å². The molecule has 1 atom stereocenters. The largest absolute Gasteiger partial charge is 0.455 e. The number of aryl methyl sites for hydroxylation is 1. The molecule has 1 amide bonds. The summed E-state index contributed by atoms with van der Waals surface area (Å²) in [5, 5.41) is 4.21. The summed E-state index contributed by atoms with van der Waals surface area (Å²) in [4.78, 5) is 18.6. The van der Waals surface area contributed by atoms with Crippen LogP contribution < -0.4 is 5.32 Å². The lowest BCUT2D eigenvalue weighted by Gasteiger charge is -2.33. The van der Waals surface area contributed by atoms with Gasteiger partial charge in [0, 0.05) is 45.1 Å². The predicted octanol–water partition coefficient (Wildman–Crippen LogP) is 1.74. The standard InChI is InChI=1S/C15H20N4O2S/c1-11-9-16-5-8-19(11)14(20)13-4-3-12(21-13)10-22-15-17-6-7-18(15)2/h3-4,6-7,11,16H,5,8-10H2,1-2H3/t11-/m0/s1. The van der Waals surface area contributed by atoms with Crippen molar-refractivity contribution in [2.75, 3.05) is 19.6 Å². The summed E-state index contributed by atoms with van der Waals surface area (Å²) in [6.45, 7) is 4.43. The van der Waals surface area contributed by atoms with Crippen molar-refractivity contribution < 1.29 is 9.21 Å². The molecular weight excluding hydrogens is 300 g/mol. The molecule has 1 saturated heterocycles. The molecular formula is C15H20N4O2S. The highest BCUT2D eigenvalue weighted by Crippen LogP contribution is 2.22. The van der Waals surface area contributed by atoms with Gasteiger partial charge < -0.3 is 19.2 Å². The van der Waals surface area contributed by atoms with Crippen molar-refractivity contribution >= 4 is 17.7 Å². The van der Waals surface area contributed by atoms with Crippen molar-refractivity contribution in [1.29, 1.82) is 0 Å². The first-order valence-corrected chi connectivity index (χ1v) is 8.34. The molecule has 0 saturated carbocycles. The van der Waals surface area contributed by atoms with Crippen LogP contribution in [0, 0.1) is 0 Å². The van der Waals surface area contributed by atoms with Gasteiger partial charge in [0.2, 0.25) is 0 Å². The molecule has 3 rings (SSSR count). The molecule has 6 nitrogen and oxygen atoms in total. The zero-order chi connectivity index (χ0) is 15.5. The van der Waals surface area contributed by atoms with Crippen LogP contribution in [0.25, 0.3) is 0 Å². The van der Waals surface area contributed by atoms with Crippen molar-refractivity contribution in [3.8, 4) is 0 Å². The van der Waals surface area contributed by atoms with E-state index in [0.29, 0.717) is 11.5 Å². The fourth-order valence-electron chi connectivity index (χ4n) is 2.48. The molecule has 2 aromatic heterocycles. The van der Waals surface area contributed by atoms with E-state index in [4.69, 9.17) is 4.42 Å². The Morgan fingerprint density at radius 3 is 3.14 bits per heavy atom. The fourth-order valence-corrected chi connectivity index (χ4v) is 3.31. The Morgan fingerprint density at radius 2 is 2.41 bits per heavy atom. The monoisotopic (exact) mass is 320 g/mol. The first kappa shape index (κ1) is 15.2. The van der Waals surface area contributed by atoms with Gasteiger partial charge in [-0.15, -0.1) is 0 Å². The van der Waals surface area contributed by atoms with Crippen LogP contribution in [0.15, 0.2) is 34.1 Å². The molecule has 0 aromatic carbocycles. The number of nitrogens with zero attached hydrogens (tertiary/aromatic N) is 3. The smallest absolute Gasteiger partial charge is 0.289 e. The van der Waals surface area contributed by atoms with Crippen molar-refractivity contribution in [3.05, 3.63) is 36.0 Å². The summed E-state index contributed by atoms with van der Waals surface area (Å²) in [7, 11) is 1.96. The molecule has 0 bridgehead atoms. The van der Waals surface area contributed by atoms with Crippen molar-refractivity contribution in [2.24, 2.45) is 7.05 Å². The average Bonchev–Trinajstić information content (AvgIpc) is 3.14. The highest BCUT2D eigenvalue weighted by Gasteiger charge is 2.26. The predicted molar refractivity (Wildman–Crippen MR) is 84.8 cm³/mol. The number of hydrogen-bond donors (Lipinski definition) is 1. The second-order valence-corrected chi connectivity index (χ2v) is 6.37. The molecule has 22 heavy (non-hydrogen) atoms. The Bertz CT molecular complexity index is 652. The number of amides is 1. The molecule has 3 heterocycles. The van der Waals surface area contributed by atoms with Crippen LogP contribution in [0.3, 0.4) is 0 Å². The lowest BCUT2D eigenvalue weighted by atomic mass is 10.2. The quantitative estimate of drug-likeness (QED) is 0.870. The van der Waals surface area contributed by atoms with Crippen LogP contribution in [0.2, 0.25) is 0 Å². The van der Waals surface area contributed by atoms with E-state index in [1.165, 1.54) is 0 Å². The molecule has 0 radical (unpaired) electrons. The summed E-state index contributed by atoms with van der Waals surface area (Å²) in [6.07, 6.45) is 3.68. The van der Waals surface area contributed by atoms with Crippen molar-refractivity contribution in [3.63, 3.8) is 0 Å². The van der Waals surface area contributed by atoms with Gasteiger partial charge in [0.25, 0.3) is 5.91 Å². The summed E-state index contributed by atoms with van der Waals surface area (Å²) < 4.78 is 7.68. The summed E-state index contributed by atoms with van der Waals surface area (Å²) >= 11 is 1.59. The normalized spacial score (nSPS) is 18.6. The minimum Gasteiger partial charge on any atom is -0.455 e. The second-order valence-electron chi connectivity index (χ2n) is 5.43. The first-order valence-electron chi connectivity index (χ1n) is 7.35. The Balaban J connectivity index is 1.63. The lowest BCUT2D eigenvalue weighted by Crippen LogP contribution is -2.52. The summed E-state index contributed by atoms with van der Waals surface area (Å²) in [5.41, 5.74) is 0. The zero-order valence-electron chi connectivity index (χ0n) is 12.8. The molecule has 1 aliphatic rings. The molecule has 1 fully saturated rings. The van der Waals surface area contributed by atoms with E-state index in [1.807, 2.05) is 35.7 Å². The van der Waals surface area contributed by atoms with E-state index in [2.05, 4.69) is 10.3 Å². The number of carbonyl (C=O) groups is 1. The first-order chi connectivity index (χ1) is 10.6. The number of rotatable bonds is 4. The minimum absolute atomic E-state index is 0.0257. The number of furan rings is 1. The number of aromatic nitrogens is 2. The Morgan fingerprint density at radius 1 is 1.55 bits per heavy atom. The van der Waals surface area contributed by atoms with Gasteiger partial charge in [-0.1, -0.05) is 11.8 Å². The SMILES string of the molecule is C[C@H]1CNCCN1C(=O)c1ccc(CSc2nccn2C)o1. The third kappa shape index (κ3) is 3.20. The maximum Gasteiger partial charge on any atom is 0.289 e. The highest BCUT2D eigenvalue weighted by molar-refractivity contribution is 7.98. The number of imidazole rings is 1. The fraction of sp³-hybridized carbons (Fsp3) is 0.467. The molecule has 0 spiro atoms. The summed E-state index contributed by atoms with van der Waals surface area (Å²) in [6, 6.07) is 3.83. The van der Waals surface area contributed by atoms with E-state index in [0.717, 1.165) is 30.6 Å². The van der Waals surface area contributed by atoms with Crippen LogP contribution in [0.1, 0.15) is 23.2 Å². The van der Waals surface area contributed by atoms with E-state index < -0.39 is 0 Å². The number of thioether (sulfide) groups is 1. The molecule has 0 unspecified atom stereocenters. The van der Waals surface area contributed by atoms with E-state index in [9.17, 15) is 4.79 Å². The van der Waals surface area contributed by atoms with E-state index in [1.54, 1.807) is 24.0 Å². The van der Waals surface area contributed by atoms with Gasteiger partial charge in [0.1, 0.15) is 5.76 Å². The number of piperazine rings is 1. The van der Waals surface area contributed by atoms with Crippen molar-refractivity contribution in [1.82, 2.24) is 19.8 Å². The van der Waals surface area contributed by atoms with Crippen molar-refractivity contribution in [2.45, 2.75) is 23.9 Å². The molecule has 1 aliphatic heterocycles. The van der Waals surface area contributed by atoms with E-state index in [-0.39, 0.29) is 11.9 Å². The lowest BCUT2D eigenvalue weighted by molar-refractivity contribution is 0.0621. The van der Waals surface area contributed by atoms with Crippen LogP contribution in [-0.4, -0.2) is 46.0 Å². The zero-order valence-corrected chi connectivity index (χ0v) is 13.6. The van der Waals surface area contributed by atoms with Gasteiger partial charge in [0.05, 0.1) is 5.75 Å². The van der Waals surface area contributed by atoms with Crippen LogP contribution in [0.4, 0.5) is 0 Å². The minimum atomic E-state index is -0.0257. The second kappa shape index (κ2) is 6.58. The van der Waals surface area contributed by atoms with Crippen LogP contribution >= 0.6 is 11.8 Å². The van der Waals surface area contributed by atoms with Crippen LogP contribution in [0.5, 0.6) is 0 Å². The van der Waals surface area contributed by atoms with Gasteiger partial charge in [-0.05, 0) is 19.1 Å². The summed E-state index contributed by atoms with van der Waals surface area (Å²) in [5.74, 6) is 1.85. The maximum atomic E-state index is 12.5. The molecule has 0 aliphatic carbocycles. The van der Waals surface area contributed by atoms with E-state index >= 15 is 0 Å². The Hall–Kier alpha value is -1.73. The molecule has 2 aromatic rings. The van der Waals surface area contributed by atoms with Gasteiger partial charge in [0.15, 0.2) is 10.9 Å². The maximum absolute atomic E-state index is 12.5. The third-order valence-corrected chi connectivity index (χ3v) is 4.84. The Kier molecular flexibility index (Phi) is 4.54. The molecule has 1 N–H and O–H groups in total. The molecule has 7 heteroatoms. The Labute approximate surface area is 133 Å².